The molecule has 9 heteroatoms. The molecule has 0 bridgehead atoms. The van der Waals surface area contributed by atoms with E-state index in [-0.39, 0.29) is 5.56 Å². The number of imidazole rings is 1. The highest BCUT2D eigenvalue weighted by molar-refractivity contribution is 6.10. The number of benzene rings is 2. The van der Waals surface area contributed by atoms with E-state index >= 15 is 0 Å². The smallest absolute Gasteiger partial charge is 0.417 e. The van der Waals surface area contributed by atoms with Crippen LogP contribution in [0.2, 0.25) is 0 Å². The zero-order chi connectivity index (χ0) is 22.5. The van der Waals surface area contributed by atoms with Crippen LogP contribution in [0.15, 0.2) is 65.5 Å². The Morgan fingerprint density at radius 3 is 2.66 bits per heavy atom. The Bertz CT molecular complexity index is 1460. The maximum Gasteiger partial charge on any atom is 0.417 e. The molecule has 0 saturated heterocycles. The molecule has 0 aliphatic rings. The predicted octanol–water partition coefficient (Wildman–Crippen LogP) is 5.77. The number of carbonyl (C=O) groups is 1. The SMILES string of the molecule is Cc1ncoc1-c1ccc2nc(-c3cc(C(=O)c4ccccc4C(F)(F)F)c[nH]3)[nH]c2c1. The Morgan fingerprint density at radius 2 is 1.91 bits per heavy atom. The summed E-state index contributed by atoms with van der Waals surface area (Å²) in [7, 11) is 0. The molecule has 3 heterocycles. The number of nitrogens with zero attached hydrogens (tertiary/aromatic N) is 2. The fourth-order valence-electron chi connectivity index (χ4n) is 3.60. The minimum absolute atomic E-state index is 0.107. The van der Waals surface area contributed by atoms with Crippen LogP contribution in [0, 0.1) is 6.92 Å². The molecular weight excluding hydrogens is 421 g/mol. The van der Waals surface area contributed by atoms with Gasteiger partial charge in [0.05, 0.1) is 28.0 Å². The summed E-state index contributed by atoms with van der Waals surface area (Å²) in [6.07, 6.45) is -1.87. The van der Waals surface area contributed by atoms with E-state index in [1.165, 1.54) is 36.9 Å². The highest BCUT2D eigenvalue weighted by Gasteiger charge is 2.35. The van der Waals surface area contributed by atoms with Crippen molar-refractivity contribution in [3.05, 3.63) is 83.5 Å². The van der Waals surface area contributed by atoms with E-state index in [9.17, 15) is 18.0 Å². The van der Waals surface area contributed by atoms with Crippen LogP contribution in [0.4, 0.5) is 13.2 Å². The molecule has 0 saturated carbocycles. The molecule has 5 rings (SSSR count). The highest BCUT2D eigenvalue weighted by Crippen LogP contribution is 2.33. The van der Waals surface area contributed by atoms with E-state index in [0.29, 0.717) is 22.8 Å². The molecule has 0 spiro atoms. The monoisotopic (exact) mass is 436 g/mol. The molecule has 2 N–H and O–H groups in total. The van der Waals surface area contributed by atoms with Crippen molar-refractivity contribution in [3.8, 4) is 22.8 Å². The average molecular weight is 436 g/mol. The Balaban J connectivity index is 1.49. The molecule has 3 aromatic heterocycles. The van der Waals surface area contributed by atoms with Crippen molar-refractivity contribution >= 4 is 16.8 Å². The van der Waals surface area contributed by atoms with Gasteiger partial charge in [-0.1, -0.05) is 18.2 Å². The third kappa shape index (κ3) is 3.37. The summed E-state index contributed by atoms with van der Waals surface area (Å²) < 4.78 is 45.3. The van der Waals surface area contributed by atoms with E-state index in [1.807, 2.05) is 25.1 Å². The molecule has 2 aromatic carbocycles. The van der Waals surface area contributed by atoms with Crippen LogP contribution in [0.5, 0.6) is 0 Å². The number of aryl methyl sites for hydroxylation is 1. The molecule has 0 radical (unpaired) electrons. The fourth-order valence-corrected chi connectivity index (χ4v) is 3.60. The standard InChI is InChI=1S/C23H15F3N4O2/c1-12-21(32-11-28-12)13-6-7-17-18(8-13)30-22(29-17)19-9-14(10-27-19)20(31)15-4-2-3-5-16(15)23(24,25)26/h2-11,27H,1H3,(H,29,30). The van der Waals surface area contributed by atoms with Crippen LogP contribution < -0.4 is 0 Å². The van der Waals surface area contributed by atoms with Crippen molar-refractivity contribution in [3.63, 3.8) is 0 Å². The lowest BCUT2D eigenvalue weighted by Crippen LogP contribution is -2.13. The van der Waals surface area contributed by atoms with Crippen molar-refractivity contribution in [1.82, 2.24) is 19.9 Å². The molecule has 0 fully saturated rings. The van der Waals surface area contributed by atoms with Gasteiger partial charge in [0.2, 0.25) is 0 Å². The fraction of sp³-hybridized carbons (Fsp3) is 0.0870. The Kier molecular flexibility index (Phi) is 4.47. The zero-order valence-electron chi connectivity index (χ0n) is 16.6. The number of fused-ring (bicyclic) bond motifs is 1. The summed E-state index contributed by atoms with van der Waals surface area (Å²) in [6, 6.07) is 11.8. The van der Waals surface area contributed by atoms with Gasteiger partial charge in [-0.05, 0) is 37.3 Å². The van der Waals surface area contributed by atoms with E-state index in [1.54, 1.807) is 0 Å². The number of halogens is 3. The van der Waals surface area contributed by atoms with E-state index in [4.69, 9.17) is 4.42 Å². The maximum atomic E-state index is 13.3. The van der Waals surface area contributed by atoms with Gasteiger partial charge in [0.15, 0.2) is 23.8 Å². The van der Waals surface area contributed by atoms with Crippen LogP contribution in [-0.2, 0) is 6.18 Å². The first kappa shape index (κ1) is 19.8. The van der Waals surface area contributed by atoms with Crippen molar-refractivity contribution in [2.45, 2.75) is 13.1 Å². The molecule has 0 unspecified atom stereocenters. The first-order chi connectivity index (χ1) is 15.3. The number of oxazole rings is 1. The first-order valence-corrected chi connectivity index (χ1v) is 9.61. The molecule has 32 heavy (non-hydrogen) atoms. The number of nitrogens with one attached hydrogen (secondary N) is 2. The Hall–Kier alpha value is -4.14. The molecule has 5 aromatic rings. The minimum Gasteiger partial charge on any atom is -0.443 e. The van der Waals surface area contributed by atoms with Gasteiger partial charge in [-0.15, -0.1) is 0 Å². The van der Waals surface area contributed by atoms with Gasteiger partial charge in [0.25, 0.3) is 0 Å². The van der Waals surface area contributed by atoms with Crippen molar-refractivity contribution in [2.75, 3.05) is 0 Å². The number of rotatable bonds is 4. The number of aromatic nitrogens is 4. The molecule has 0 amide bonds. The number of hydrogen-bond acceptors (Lipinski definition) is 4. The lowest BCUT2D eigenvalue weighted by molar-refractivity contribution is -0.137. The van der Waals surface area contributed by atoms with Gasteiger partial charge in [0.1, 0.15) is 0 Å². The van der Waals surface area contributed by atoms with Crippen LogP contribution in [0.3, 0.4) is 0 Å². The molecule has 0 aliphatic carbocycles. The normalized spacial score (nSPS) is 11.9. The first-order valence-electron chi connectivity index (χ1n) is 9.61. The van der Waals surface area contributed by atoms with Crippen LogP contribution in [-0.4, -0.2) is 25.7 Å². The molecule has 0 atom stereocenters. The van der Waals surface area contributed by atoms with Crippen molar-refractivity contribution in [1.29, 1.82) is 0 Å². The lowest BCUT2D eigenvalue weighted by atomic mass is 9.99. The molecule has 6 nitrogen and oxygen atoms in total. The van der Waals surface area contributed by atoms with Crippen LogP contribution in [0.1, 0.15) is 27.2 Å². The summed E-state index contributed by atoms with van der Waals surface area (Å²) in [5, 5.41) is 0. The highest BCUT2D eigenvalue weighted by atomic mass is 19.4. The van der Waals surface area contributed by atoms with E-state index in [2.05, 4.69) is 19.9 Å². The quantitative estimate of drug-likeness (QED) is 0.350. The number of alkyl halides is 3. The number of ketones is 1. The van der Waals surface area contributed by atoms with E-state index in [0.717, 1.165) is 22.8 Å². The largest absolute Gasteiger partial charge is 0.443 e. The van der Waals surface area contributed by atoms with Crippen molar-refractivity contribution in [2.24, 2.45) is 0 Å². The molecule has 0 aliphatic heterocycles. The van der Waals surface area contributed by atoms with Crippen LogP contribution in [0.25, 0.3) is 33.9 Å². The summed E-state index contributed by atoms with van der Waals surface area (Å²) in [4.78, 5) is 27.5. The summed E-state index contributed by atoms with van der Waals surface area (Å²) >= 11 is 0. The molecular formula is C23H15F3N4O2. The lowest BCUT2D eigenvalue weighted by Gasteiger charge is -2.10. The van der Waals surface area contributed by atoms with Gasteiger partial charge in [-0.2, -0.15) is 13.2 Å². The molecule has 160 valence electrons. The number of hydrogen-bond donors (Lipinski definition) is 2. The predicted molar refractivity (Wildman–Crippen MR) is 111 cm³/mol. The third-order valence-electron chi connectivity index (χ3n) is 5.17. The topological polar surface area (TPSA) is 87.6 Å². The second-order valence-electron chi connectivity index (χ2n) is 7.26. The Labute approximate surface area is 179 Å². The van der Waals surface area contributed by atoms with Gasteiger partial charge in [-0.3, -0.25) is 4.79 Å². The van der Waals surface area contributed by atoms with Gasteiger partial charge in [-0.25, -0.2) is 9.97 Å². The zero-order valence-corrected chi connectivity index (χ0v) is 16.6. The third-order valence-corrected chi connectivity index (χ3v) is 5.17. The van der Waals surface area contributed by atoms with Gasteiger partial charge < -0.3 is 14.4 Å². The number of carbonyl (C=O) groups excluding carboxylic acids is 1. The summed E-state index contributed by atoms with van der Waals surface area (Å²) in [5.74, 6) is 0.383. The average Bonchev–Trinajstić information content (AvgIpc) is 3.51. The van der Waals surface area contributed by atoms with Crippen molar-refractivity contribution < 1.29 is 22.4 Å². The Morgan fingerprint density at radius 1 is 1.09 bits per heavy atom. The summed E-state index contributed by atoms with van der Waals surface area (Å²) in [5.41, 5.74) is 2.23. The second kappa shape index (κ2) is 7.23. The second-order valence-corrected chi connectivity index (χ2v) is 7.26. The maximum absolute atomic E-state index is 13.3. The van der Waals surface area contributed by atoms with Gasteiger partial charge in [0, 0.05) is 22.9 Å². The number of aromatic amines is 2. The van der Waals surface area contributed by atoms with E-state index < -0.39 is 23.1 Å². The van der Waals surface area contributed by atoms with Gasteiger partial charge >= 0.3 is 6.18 Å². The van der Waals surface area contributed by atoms with Crippen LogP contribution >= 0.6 is 0 Å². The number of H-pyrrole nitrogens is 2. The minimum atomic E-state index is -4.62. The summed E-state index contributed by atoms with van der Waals surface area (Å²) in [6.45, 7) is 1.84.